The molecule has 2 aromatic rings. The lowest BCUT2D eigenvalue weighted by molar-refractivity contribution is -0.162. The Bertz CT molecular complexity index is 660. The SMILES string of the molecule is O=C(C1Cc2ccccc2S1)N(Cc1ccco1)CC(F)(F)F. The molecule has 0 saturated heterocycles. The van der Waals surface area contributed by atoms with Crippen molar-refractivity contribution in [3.8, 4) is 0 Å². The van der Waals surface area contributed by atoms with E-state index in [-0.39, 0.29) is 6.54 Å². The summed E-state index contributed by atoms with van der Waals surface area (Å²) in [5.41, 5.74) is 1.00. The summed E-state index contributed by atoms with van der Waals surface area (Å²) in [7, 11) is 0. The molecule has 0 radical (unpaired) electrons. The van der Waals surface area contributed by atoms with Crippen molar-refractivity contribution in [3.63, 3.8) is 0 Å². The standard InChI is InChI=1S/C16H14F3NO2S/c17-16(18,19)10-20(9-12-5-3-7-22-12)15(21)14-8-11-4-1-2-6-13(11)23-14/h1-7,14H,8-10H2. The molecule has 7 heteroatoms. The number of halogens is 3. The second-order valence-corrected chi connectivity index (χ2v) is 6.55. The predicted octanol–water partition coefficient (Wildman–Crippen LogP) is 3.89. The molecule has 1 aromatic heterocycles. The Kier molecular flexibility index (Phi) is 4.39. The van der Waals surface area contributed by atoms with Gasteiger partial charge in [0.05, 0.1) is 18.1 Å². The lowest BCUT2D eigenvalue weighted by atomic mass is 10.1. The van der Waals surface area contributed by atoms with E-state index in [4.69, 9.17) is 4.42 Å². The lowest BCUT2D eigenvalue weighted by Crippen LogP contribution is -2.42. The van der Waals surface area contributed by atoms with Crippen LogP contribution in [-0.2, 0) is 17.8 Å². The van der Waals surface area contributed by atoms with Crippen molar-refractivity contribution in [2.45, 2.75) is 29.3 Å². The third-order valence-electron chi connectivity index (χ3n) is 3.53. The van der Waals surface area contributed by atoms with Crippen LogP contribution in [0.2, 0.25) is 0 Å². The lowest BCUT2D eigenvalue weighted by Gasteiger charge is -2.25. The van der Waals surface area contributed by atoms with Gasteiger partial charge in [-0.15, -0.1) is 11.8 Å². The number of thioether (sulfide) groups is 1. The zero-order valence-corrected chi connectivity index (χ0v) is 12.9. The van der Waals surface area contributed by atoms with E-state index in [1.54, 1.807) is 12.1 Å². The highest BCUT2D eigenvalue weighted by Gasteiger charge is 2.38. The summed E-state index contributed by atoms with van der Waals surface area (Å²) < 4.78 is 43.5. The van der Waals surface area contributed by atoms with Crippen molar-refractivity contribution < 1.29 is 22.4 Å². The monoisotopic (exact) mass is 341 g/mol. The van der Waals surface area contributed by atoms with Crippen molar-refractivity contribution in [1.82, 2.24) is 4.90 Å². The maximum absolute atomic E-state index is 12.8. The van der Waals surface area contributed by atoms with Crippen molar-refractivity contribution >= 4 is 17.7 Å². The number of nitrogens with zero attached hydrogens (tertiary/aromatic N) is 1. The minimum Gasteiger partial charge on any atom is -0.467 e. The number of amides is 1. The zero-order chi connectivity index (χ0) is 16.4. The summed E-state index contributed by atoms with van der Waals surface area (Å²) >= 11 is 1.32. The number of alkyl halides is 3. The highest BCUT2D eigenvalue weighted by molar-refractivity contribution is 8.01. The first kappa shape index (κ1) is 16.0. The molecule has 0 N–H and O–H groups in total. The van der Waals surface area contributed by atoms with Crippen molar-refractivity contribution in [2.75, 3.05) is 6.54 Å². The average molecular weight is 341 g/mol. The molecule has 1 aromatic carbocycles. The molecule has 3 rings (SSSR count). The van der Waals surface area contributed by atoms with E-state index < -0.39 is 23.9 Å². The molecule has 23 heavy (non-hydrogen) atoms. The van der Waals surface area contributed by atoms with E-state index in [1.165, 1.54) is 18.0 Å². The smallest absolute Gasteiger partial charge is 0.406 e. The number of hydrogen-bond donors (Lipinski definition) is 0. The van der Waals surface area contributed by atoms with Gasteiger partial charge in [-0.1, -0.05) is 18.2 Å². The minimum atomic E-state index is -4.45. The third kappa shape index (κ3) is 3.90. The first-order valence-corrected chi connectivity index (χ1v) is 7.93. The normalized spacial score (nSPS) is 17.1. The van der Waals surface area contributed by atoms with E-state index in [1.807, 2.05) is 24.3 Å². The first-order valence-electron chi connectivity index (χ1n) is 7.05. The number of benzene rings is 1. The molecule has 2 heterocycles. The summed E-state index contributed by atoms with van der Waals surface area (Å²) in [6.45, 7) is -1.46. The summed E-state index contributed by atoms with van der Waals surface area (Å²) in [6, 6.07) is 10.7. The van der Waals surface area contributed by atoms with E-state index in [0.29, 0.717) is 12.2 Å². The number of carbonyl (C=O) groups is 1. The fourth-order valence-electron chi connectivity index (χ4n) is 2.54. The highest BCUT2D eigenvalue weighted by atomic mass is 32.2. The molecule has 1 amide bonds. The van der Waals surface area contributed by atoms with Crippen LogP contribution in [0.5, 0.6) is 0 Å². The van der Waals surface area contributed by atoms with Crippen LogP contribution in [0.4, 0.5) is 13.2 Å². The van der Waals surface area contributed by atoms with E-state index in [2.05, 4.69) is 0 Å². The van der Waals surface area contributed by atoms with Gasteiger partial charge in [-0.25, -0.2) is 0 Å². The number of fused-ring (bicyclic) bond motifs is 1. The number of furan rings is 1. The Hall–Kier alpha value is -1.89. The second kappa shape index (κ2) is 6.31. The molecular weight excluding hydrogens is 327 g/mol. The number of hydrogen-bond acceptors (Lipinski definition) is 3. The van der Waals surface area contributed by atoms with Crippen LogP contribution in [0.1, 0.15) is 11.3 Å². The number of carbonyl (C=O) groups excluding carboxylic acids is 1. The van der Waals surface area contributed by atoms with Gasteiger partial charge < -0.3 is 9.32 Å². The summed E-state index contributed by atoms with van der Waals surface area (Å²) in [5, 5.41) is -0.523. The Morgan fingerprint density at radius 1 is 1.26 bits per heavy atom. The molecule has 1 aliphatic rings. The van der Waals surface area contributed by atoms with Crippen LogP contribution in [0.3, 0.4) is 0 Å². The molecule has 0 saturated carbocycles. The molecule has 0 bridgehead atoms. The quantitative estimate of drug-likeness (QED) is 0.846. The molecule has 122 valence electrons. The maximum Gasteiger partial charge on any atom is 0.406 e. The zero-order valence-electron chi connectivity index (χ0n) is 12.0. The molecule has 1 unspecified atom stereocenters. The third-order valence-corrected chi connectivity index (χ3v) is 4.84. The fourth-order valence-corrected chi connectivity index (χ4v) is 3.82. The maximum atomic E-state index is 12.8. The van der Waals surface area contributed by atoms with Gasteiger partial charge in [0.1, 0.15) is 12.3 Å². The van der Waals surface area contributed by atoms with E-state index in [0.717, 1.165) is 15.4 Å². The molecule has 1 atom stereocenters. The summed E-state index contributed by atoms with van der Waals surface area (Å²) in [6.07, 6.45) is -2.61. The largest absolute Gasteiger partial charge is 0.467 e. The molecule has 0 spiro atoms. The van der Waals surface area contributed by atoms with Crippen LogP contribution in [0.15, 0.2) is 52.0 Å². The van der Waals surface area contributed by atoms with Gasteiger partial charge in [0.15, 0.2) is 0 Å². The van der Waals surface area contributed by atoms with Crippen LogP contribution in [0.25, 0.3) is 0 Å². The van der Waals surface area contributed by atoms with Crippen LogP contribution in [0, 0.1) is 0 Å². The van der Waals surface area contributed by atoms with E-state index >= 15 is 0 Å². The topological polar surface area (TPSA) is 33.5 Å². The minimum absolute atomic E-state index is 0.182. The Morgan fingerprint density at radius 2 is 2.04 bits per heavy atom. The second-order valence-electron chi connectivity index (χ2n) is 5.31. The average Bonchev–Trinajstić information content (AvgIpc) is 3.13. The molecule has 0 fully saturated rings. The van der Waals surface area contributed by atoms with Gasteiger partial charge >= 0.3 is 6.18 Å². The van der Waals surface area contributed by atoms with Crippen molar-refractivity contribution in [2.24, 2.45) is 0 Å². The molecule has 0 aliphatic carbocycles. The fraction of sp³-hybridized carbons (Fsp3) is 0.312. The van der Waals surface area contributed by atoms with Gasteiger partial charge in [-0.2, -0.15) is 13.2 Å². The first-order chi connectivity index (χ1) is 10.9. The molecular formula is C16H14F3NO2S. The highest BCUT2D eigenvalue weighted by Crippen LogP contribution is 2.38. The summed E-state index contributed by atoms with van der Waals surface area (Å²) in [5.74, 6) is -0.178. The van der Waals surface area contributed by atoms with Gasteiger partial charge in [0.2, 0.25) is 5.91 Å². The van der Waals surface area contributed by atoms with Gasteiger partial charge in [-0.3, -0.25) is 4.79 Å². The van der Waals surface area contributed by atoms with Gasteiger partial charge in [0.25, 0.3) is 0 Å². The summed E-state index contributed by atoms with van der Waals surface area (Å²) in [4.78, 5) is 14.4. The Morgan fingerprint density at radius 3 is 2.70 bits per heavy atom. The van der Waals surface area contributed by atoms with Gasteiger partial charge in [-0.05, 0) is 30.2 Å². The Balaban J connectivity index is 1.75. The van der Waals surface area contributed by atoms with Crippen molar-refractivity contribution in [3.05, 3.63) is 54.0 Å². The predicted molar refractivity (Wildman–Crippen MR) is 80.0 cm³/mol. The Labute approximate surface area is 135 Å². The van der Waals surface area contributed by atoms with E-state index in [9.17, 15) is 18.0 Å². The molecule has 3 nitrogen and oxygen atoms in total. The van der Waals surface area contributed by atoms with Crippen LogP contribution >= 0.6 is 11.8 Å². The van der Waals surface area contributed by atoms with Crippen LogP contribution in [-0.4, -0.2) is 28.8 Å². The number of rotatable bonds is 4. The molecule has 1 aliphatic heterocycles. The van der Waals surface area contributed by atoms with Gasteiger partial charge in [0, 0.05) is 4.90 Å². The van der Waals surface area contributed by atoms with Crippen LogP contribution < -0.4 is 0 Å². The van der Waals surface area contributed by atoms with Crippen molar-refractivity contribution in [1.29, 1.82) is 0 Å².